The van der Waals surface area contributed by atoms with Gasteiger partial charge < -0.3 is 9.47 Å². The van der Waals surface area contributed by atoms with Crippen molar-refractivity contribution in [3.05, 3.63) is 55.5 Å². The summed E-state index contributed by atoms with van der Waals surface area (Å²) < 4.78 is 14.3. The van der Waals surface area contributed by atoms with E-state index in [-0.39, 0.29) is 5.41 Å². The van der Waals surface area contributed by atoms with E-state index in [9.17, 15) is 0 Å². The molecule has 2 aromatic carbocycles. The molecule has 2 atom stereocenters. The van der Waals surface area contributed by atoms with Crippen LogP contribution in [-0.2, 0) is 18.3 Å². The van der Waals surface area contributed by atoms with Gasteiger partial charge >= 0.3 is 0 Å². The van der Waals surface area contributed by atoms with E-state index in [1.165, 1.54) is 50.5 Å². The van der Waals surface area contributed by atoms with Crippen molar-refractivity contribution in [3.8, 4) is 11.5 Å². The molecule has 136 valence electrons. The second kappa shape index (κ2) is 6.00. The second-order valence-corrected chi connectivity index (χ2v) is 9.52. The topological polar surface area (TPSA) is 18.5 Å². The smallest absolute Gasteiger partial charge is 0.123 e. The van der Waals surface area contributed by atoms with Crippen molar-refractivity contribution >= 4 is 31.9 Å². The van der Waals surface area contributed by atoms with Gasteiger partial charge in [0.05, 0.1) is 14.2 Å². The standard InChI is InChI=1S/C22H22Br2O2/c1-25-18-8-6-16(23)14-10-12-4-3-5-13-11-15-17(24)7-9-19(26-2)21(15)22(12,13)20(14)18/h6-9,12-13H,3-5,10-11H2,1-2H3. The summed E-state index contributed by atoms with van der Waals surface area (Å²) in [6.45, 7) is 0. The zero-order chi connectivity index (χ0) is 18.1. The van der Waals surface area contributed by atoms with Gasteiger partial charge in [0.25, 0.3) is 0 Å². The van der Waals surface area contributed by atoms with Crippen LogP contribution in [0.4, 0.5) is 0 Å². The van der Waals surface area contributed by atoms with Crippen LogP contribution in [-0.4, -0.2) is 14.2 Å². The summed E-state index contributed by atoms with van der Waals surface area (Å²) >= 11 is 7.66. The molecule has 0 amide bonds. The Morgan fingerprint density at radius 2 is 1.27 bits per heavy atom. The van der Waals surface area contributed by atoms with Crippen molar-refractivity contribution in [2.24, 2.45) is 11.8 Å². The number of rotatable bonds is 2. The first-order chi connectivity index (χ1) is 12.6. The predicted molar refractivity (Wildman–Crippen MR) is 110 cm³/mol. The number of halogens is 2. The minimum atomic E-state index is 0.0210. The molecule has 26 heavy (non-hydrogen) atoms. The molecular weight excluding hydrogens is 456 g/mol. The van der Waals surface area contributed by atoms with Crippen LogP contribution in [0.15, 0.2) is 33.2 Å². The predicted octanol–water partition coefficient (Wildman–Crippen LogP) is 6.04. The molecule has 2 nitrogen and oxygen atoms in total. The molecule has 0 aliphatic heterocycles. The Balaban J connectivity index is 1.90. The molecule has 3 aliphatic carbocycles. The Morgan fingerprint density at radius 1 is 0.808 bits per heavy atom. The fourth-order valence-electron chi connectivity index (χ4n) is 6.21. The number of fused-ring (bicyclic) bond motifs is 2. The van der Waals surface area contributed by atoms with Gasteiger partial charge in [0.2, 0.25) is 0 Å². The van der Waals surface area contributed by atoms with Gasteiger partial charge in [-0.1, -0.05) is 38.3 Å². The van der Waals surface area contributed by atoms with Gasteiger partial charge in [-0.05, 0) is 72.9 Å². The minimum absolute atomic E-state index is 0.0210. The molecule has 0 bridgehead atoms. The van der Waals surface area contributed by atoms with E-state index in [1.807, 2.05) is 0 Å². The van der Waals surface area contributed by atoms with Crippen LogP contribution in [0.25, 0.3) is 0 Å². The van der Waals surface area contributed by atoms with Crippen LogP contribution >= 0.6 is 31.9 Å². The first-order valence-corrected chi connectivity index (χ1v) is 10.9. The summed E-state index contributed by atoms with van der Waals surface area (Å²) in [5.74, 6) is 3.31. The molecule has 0 N–H and O–H groups in total. The number of hydrogen-bond acceptors (Lipinski definition) is 2. The van der Waals surface area contributed by atoms with Gasteiger partial charge in [0, 0.05) is 25.5 Å². The van der Waals surface area contributed by atoms with Crippen LogP contribution < -0.4 is 9.47 Å². The molecule has 4 heteroatoms. The van der Waals surface area contributed by atoms with Crippen LogP contribution in [0.2, 0.25) is 0 Å². The molecule has 2 aromatic rings. The quantitative estimate of drug-likeness (QED) is 0.524. The number of methoxy groups -OCH3 is 2. The van der Waals surface area contributed by atoms with Crippen LogP contribution in [0.5, 0.6) is 11.5 Å². The zero-order valence-corrected chi connectivity index (χ0v) is 18.2. The van der Waals surface area contributed by atoms with Crippen LogP contribution in [0.3, 0.4) is 0 Å². The molecule has 0 aromatic heterocycles. The summed E-state index contributed by atoms with van der Waals surface area (Å²) in [5.41, 5.74) is 5.73. The second-order valence-electron chi connectivity index (χ2n) is 7.81. The molecule has 0 heterocycles. The normalized spacial score (nSPS) is 28.2. The maximum Gasteiger partial charge on any atom is 0.123 e. The zero-order valence-electron chi connectivity index (χ0n) is 15.1. The maximum absolute atomic E-state index is 5.91. The van der Waals surface area contributed by atoms with E-state index >= 15 is 0 Å². The number of benzene rings is 2. The van der Waals surface area contributed by atoms with E-state index in [0.717, 1.165) is 24.3 Å². The van der Waals surface area contributed by atoms with Crippen molar-refractivity contribution in [1.29, 1.82) is 0 Å². The largest absolute Gasteiger partial charge is 0.496 e. The highest BCUT2D eigenvalue weighted by molar-refractivity contribution is 9.10. The molecular formula is C22H22Br2O2. The van der Waals surface area contributed by atoms with Crippen molar-refractivity contribution in [2.75, 3.05) is 14.2 Å². The average molecular weight is 478 g/mol. The monoisotopic (exact) mass is 476 g/mol. The summed E-state index contributed by atoms with van der Waals surface area (Å²) in [7, 11) is 3.61. The molecule has 1 spiro atoms. The Kier molecular flexibility index (Phi) is 3.95. The lowest BCUT2D eigenvalue weighted by Crippen LogP contribution is -2.41. The van der Waals surface area contributed by atoms with E-state index < -0.39 is 0 Å². The fraction of sp³-hybridized carbons (Fsp3) is 0.455. The molecule has 0 saturated heterocycles. The SMILES string of the molecule is COc1ccc(Br)c2c1C13c4c(OC)ccc(Br)c4CC1CCCC3C2. The summed E-state index contributed by atoms with van der Waals surface area (Å²) in [4.78, 5) is 0. The molecule has 5 rings (SSSR count). The Labute approximate surface area is 171 Å². The highest BCUT2D eigenvalue weighted by Gasteiger charge is 2.61. The highest BCUT2D eigenvalue weighted by atomic mass is 79.9. The lowest BCUT2D eigenvalue weighted by molar-refractivity contribution is 0.170. The first kappa shape index (κ1) is 17.1. The van der Waals surface area contributed by atoms with Crippen molar-refractivity contribution in [2.45, 2.75) is 37.5 Å². The third kappa shape index (κ3) is 1.98. The van der Waals surface area contributed by atoms with Gasteiger partial charge in [-0.15, -0.1) is 0 Å². The minimum Gasteiger partial charge on any atom is -0.496 e. The van der Waals surface area contributed by atoms with E-state index in [1.54, 1.807) is 14.2 Å². The fourth-order valence-corrected chi connectivity index (χ4v) is 7.19. The molecule has 3 aliphatic rings. The first-order valence-electron chi connectivity index (χ1n) is 9.34. The maximum atomic E-state index is 5.91. The molecule has 0 radical (unpaired) electrons. The molecule has 1 fully saturated rings. The van der Waals surface area contributed by atoms with Crippen molar-refractivity contribution in [3.63, 3.8) is 0 Å². The van der Waals surface area contributed by atoms with E-state index in [4.69, 9.17) is 9.47 Å². The Hall–Kier alpha value is -1.00. The number of hydrogen-bond donors (Lipinski definition) is 0. The lowest BCUT2D eigenvalue weighted by Gasteiger charge is -2.44. The molecule has 1 saturated carbocycles. The van der Waals surface area contributed by atoms with Gasteiger partial charge in [0.15, 0.2) is 0 Å². The van der Waals surface area contributed by atoms with E-state index in [2.05, 4.69) is 56.1 Å². The van der Waals surface area contributed by atoms with Crippen LogP contribution in [0.1, 0.15) is 41.5 Å². The van der Waals surface area contributed by atoms with Gasteiger partial charge in [-0.3, -0.25) is 0 Å². The van der Waals surface area contributed by atoms with Gasteiger partial charge in [-0.25, -0.2) is 0 Å². The lowest BCUT2D eigenvalue weighted by atomic mass is 9.59. The van der Waals surface area contributed by atoms with Gasteiger partial charge in [-0.2, -0.15) is 0 Å². The average Bonchev–Trinajstić information content (AvgIpc) is 3.19. The summed E-state index contributed by atoms with van der Waals surface area (Å²) in [6.07, 6.45) is 6.11. The van der Waals surface area contributed by atoms with Crippen LogP contribution in [0, 0.1) is 11.8 Å². The van der Waals surface area contributed by atoms with E-state index in [0.29, 0.717) is 11.8 Å². The van der Waals surface area contributed by atoms with Gasteiger partial charge in [0.1, 0.15) is 11.5 Å². The Morgan fingerprint density at radius 3 is 1.69 bits per heavy atom. The van der Waals surface area contributed by atoms with Crippen molar-refractivity contribution < 1.29 is 9.47 Å². The third-order valence-corrected chi connectivity index (χ3v) is 8.48. The molecule has 2 unspecified atom stereocenters. The summed E-state index contributed by atoms with van der Waals surface area (Å²) in [6, 6.07) is 8.56. The Bertz CT molecular complexity index is 832. The number of ether oxygens (including phenoxy) is 2. The third-order valence-electron chi connectivity index (χ3n) is 7.00. The highest BCUT2D eigenvalue weighted by Crippen LogP contribution is 2.67. The van der Waals surface area contributed by atoms with Crippen molar-refractivity contribution in [1.82, 2.24) is 0 Å². The summed E-state index contributed by atoms with van der Waals surface area (Å²) in [5, 5.41) is 0.